The van der Waals surface area contributed by atoms with E-state index >= 15 is 0 Å². The predicted octanol–water partition coefficient (Wildman–Crippen LogP) is 5.58. The third kappa shape index (κ3) is 3.78. The first-order valence-corrected chi connectivity index (χ1v) is 7.83. The van der Waals surface area contributed by atoms with Gasteiger partial charge in [0, 0.05) is 10.0 Å². The monoisotopic (exact) mass is 368 g/mol. The van der Waals surface area contributed by atoms with Crippen molar-refractivity contribution in [1.82, 2.24) is 10.1 Å². The van der Waals surface area contributed by atoms with Crippen molar-refractivity contribution in [3.05, 3.63) is 62.9 Å². The molecular formula is C16H11Cl3N2O2. The van der Waals surface area contributed by atoms with Crippen molar-refractivity contribution >= 4 is 34.8 Å². The summed E-state index contributed by atoms with van der Waals surface area (Å²) in [6.45, 7) is 2.08. The largest absolute Gasteiger partial charge is 0.485 e. The molecule has 4 nitrogen and oxygen atoms in total. The number of aryl methyl sites for hydroxylation is 1. The molecule has 118 valence electrons. The highest BCUT2D eigenvalue weighted by atomic mass is 35.5. The normalized spacial score (nSPS) is 10.8. The molecule has 0 aliphatic rings. The maximum Gasteiger partial charge on any atom is 0.259 e. The summed E-state index contributed by atoms with van der Waals surface area (Å²) < 4.78 is 10.8. The van der Waals surface area contributed by atoms with Crippen molar-refractivity contribution in [3.63, 3.8) is 0 Å². The third-order valence-electron chi connectivity index (χ3n) is 3.13. The first-order chi connectivity index (χ1) is 11.0. The van der Waals surface area contributed by atoms with E-state index < -0.39 is 0 Å². The van der Waals surface area contributed by atoms with E-state index in [1.807, 2.05) is 13.0 Å². The number of halogens is 3. The number of nitrogens with zero attached hydrogens (tertiary/aromatic N) is 2. The predicted molar refractivity (Wildman–Crippen MR) is 90.3 cm³/mol. The molecule has 0 unspecified atom stereocenters. The van der Waals surface area contributed by atoms with Gasteiger partial charge in [0.1, 0.15) is 5.75 Å². The molecule has 0 amide bonds. The second-order valence-electron chi connectivity index (χ2n) is 4.84. The fourth-order valence-electron chi connectivity index (χ4n) is 1.94. The van der Waals surface area contributed by atoms with Crippen LogP contribution in [0.1, 0.15) is 11.4 Å². The van der Waals surface area contributed by atoms with Gasteiger partial charge in [-0.2, -0.15) is 4.98 Å². The summed E-state index contributed by atoms with van der Waals surface area (Å²) in [6.07, 6.45) is 0. The number of aromatic nitrogens is 2. The maximum atomic E-state index is 6.12. The quantitative estimate of drug-likeness (QED) is 0.602. The van der Waals surface area contributed by atoms with E-state index in [2.05, 4.69) is 10.1 Å². The van der Waals surface area contributed by atoms with Gasteiger partial charge in [0.25, 0.3) is 5.89 Å². The first-order valence-electron chi connectivity index (χ1n) is 6.70. The molecule has 0 atom stereocenters. The molecule has 3 rings (SSSR count). The van der Waals surface area contributed by atoms with Crippen LogP contribution in [0.15, 0.2) is 40.9 Å². The van der Waals surface area contributed by atoms with Crippen LogP contribution in [0.25, 0.3) is 11.5 Å². The average Bonchev–Trinajstić information content (AvgIpc) is 2.97. The third-order valence-corrected chi connectivity index (χ3v) is 4.10. The summed E-state index contributed by atoms with van der Waals surface area (Å²) in [6, 6.07) is 10.5. The molecule has 0 aliphatic heterocycles. The number of ether oxygens (including phenoxy) is 1. The van der Waals surface area contributed by atoms with Crippen LogP contribution in [0.5, 0.6) is 5.75 Å². The van der Waals surface area contributed by atoms with Gasteiger partial charge in [-0.1, -0.05) is 40.0 Å². The van der Waals surface area contributed by atoms with Crippen molar-refractivity contribution in [2.45, 2.75) is 13.5 Å². The lowest BCUT2D eigenvalue weighted by Gasteiger charge is -2.05. The highest BCUT2D eigenvalue weighted by Crippen LogP contribution is 2.29. The Balaban J connectivity index is 1.73. The summed E-state index contributed by atoms with van der Waals surface area (Å²) in [5.74, 6) is 1.42. The second kappa shape index (κ2) is 6.79. The lowest BCUT2D eigenvalue weighted by molar-refractivity contribution is 0.287. The smallest absolute Gasteiger partial charge is 0.259 e. The van der Waals surface area contributed by atoms with Gasteiger partial charge in [-0.15, -0.1) is 0 Å². The molecule has 0 saturated heterocycles. The Hall–Kier alpha value is -1.75. The molecule has 2 aromatic carbocycles. The Morgan fingerprint density at radius 3 is 2.61 bits per heavy atom. The lowest BCUT2D eigenvalue weighted by Crippen LogP contribution is -1.97. The molecule has 23 heavy (non-hydrogen) atoms. The van der Waals surface area contributed by atoms with Crippen LogP contribution < -0.4 is 4.74 Å². The van der Waals surface area contributed by atoms with E-state index in [1.165, 1.54) is 0 Å². The molecule has 0 N–H and O–H groups in total. The second-order valence-corrected chi connectivity index (χ2v) is 6.09. The molecule has 3 aromatic rings. The Kier molecular flexibility index (Phi) is 4.76. The van der Waals surface area contributed by atoms with Gasteiger partial charge in [-0.25, -0.2) is 0 Å². The molecule has 0 spiro atoms. The average molecular weight is 370 g/mol. The van der Waals surface area contributed by atoms with Gasteiger partial charge in [-0.3, -0.25) is 0 Å². The zero-order valence-electron chi connectivity index (χ0n) is 12.0. The highest BCUT2D eigenvalue weighted by molar-refractivity contribution is 6.36. The van der Waals surface area contributed by atoms with Crippen LogP contribution in [-0.4, -0.2) is 10.1 Å². The van der Waals surface area contributed by atoms with Gasteiger partial charge in [-0.05, 0) is 48.9 Å². The topological polar surface area (TPSA) is 48.2 Å². The minimum absolute atomic E-state index is 0.176. The molecule has 0 bridgehead atoms. The van der Waals surface area contributed by atoms with Crippen LogP contribution in [0.3, 0.4) is 0 Å². The first kappa shape index (κ1) is 16.1. The minimum Gasteiger partial charge on any atom is -0.485 e. The van der Waals surface area contributed by atoms with E-state index in [-0.39, 0.29) is 6.61 Å². The van der Waals surface area contributed by atoms with Crippen LogP contribution in [-0.2, 0) is 6.61 Å². The van der Waals surface area contributed by atoms with Crippen molar-refractivity contribution in [1.29, 1.82) is 0 Å². The van der Waals surface area contributed by atoms with Gasteiger partial charge in [0.2, 0.25) is 5.82 Å². The number of hydrogen-bond donors (Lipinski definition) is 0. The van der Waals surface area contributed by atoms with Gasteiger partial charge < -0.3 is 9.26 Å². The van der Waals surface area contributed by atoms with E-state index in [0.29, 0.717) is 38.1 Å². The number of benzene rings is 2. The SMILES string of the molecule is Cc1cc(OCc2noc(-c3ccc(Cl)cc3Cl)n2)ccc1Cl. The van der Waals surface area contributed by atoms with Gasteiger partial charge in [0.15, 0.2) is 6.61 Å². The maximum absolute atomic E-state index is 6.12. The van der Waals surface area contributed by atoms with E-state index in [1.54, 1.807) is 30.3 Å². The number of rotatable bonds is 4. The zero-order chi connectivity index (χ0) is 16.4. The molecule has 1 heterocycles. The van der Waals surface area contributed by atoms with Crippen LogP contribution in [0.4, 0.5) is 0 Å². The summed E-state index contributed by atoms with van der Waals surface area (Å²) in [5, 5.41) is 5.56. The summed E-state index contributed by atoms with van der Waals surface area (Å²) in [7, 11) is 0. The highest BCUT2D eigenvalue weighted by Gasteiger charge is 2.13. The van der Waals surface area contributed by atoms with Crippen molar-refractivity contribution < 1.29 is 9.26 Å². The van der Waals surface area contributed by atoms with E-state index in [0.717, 1.165) is 5.56 Å². The molecule has 0 saturated carbocycles. The zero-order valence-corrected chi connectivity index (χ0v) is 14.3. The standard InChI is InChI=1S/C16H11Cl3N2O2/c1-9-6-11(3-5-13(9)18)22-8-15-20-16(23-21-15)12-4-2-10(17)7-14(12)19/h2-7H,8H2,1H3. The molecule has 0 aliphatic carbocycles. The van der Waals surface area contributed by atoms with E-state index in [4.69, 9.17) is 44.1 Å². The summed E-state index contributed by atoms with van der Waals surface area (Å²) >= 11 is 18.0. The van der Waals surface area contributed by atoms with Crippen LogP contribution >= 0.6 is 34.8 Å². The molecule has 0 radical (unpaired) electrons. The Bertz CT molecular complexity index is 849. The van der Waals surface area contributed by atoms with Crippen molar-refractivity contribution in [2.75, 3.05) is 0 Å². The summed E-state index contributed by atoms with van der Waals surface area (Å²) in [5.41, 5.74) is 1.56. The molecule has 0 fully saturated rings. The van der Waals surface area contributed by atoms with E-state index in [9.17, 15) is 0 Å². The Morgan fingerprint density at radius 2 is 1.87 bits per heavy atom. The molecule has 1 aromatic heterocycles. The molecule has 7 heteroatoms. The lowest BCUT2D eigenvalue weighted by atomic mass is 10.2. The van der Waals surface area contributed by atoms with Crippen molar-refractivity contribution in [3.8, 4) is 17.2 Å². The Labute approximate surface area is 147 Å². The fraction of sp³-hybridized carbons (Fsp3) is 0.125. The minimum atomic E-state index is 0.176. The molecular weight excluding hydrogens is 359 g/mol. The van der Waals surface area contributed by atoms with Crippen molar-refractivity contribution in [2.24, 2.45) is 0 Å². The number of hydrogen-bond acceptors (Lipinski definition) is 4. The van der Waals surface area contributed by atoms with Crippen LogP contribution in [0, 0.1) is 6.92 Å². The van der Waals surface area contributed by atoms with Crippen LogP contribution in [0.2, 0.25) is 15.1 Å². The van der Waals surface area contributed by atoms with Gasteiger partial charge in [0.05, 0.1) is 10.6 Å². The van der Waals surface area contributed by atoms with Gasteiger partial charge >= 0.3 is 0 Å². The Morgan fingerprint density at radius 1 is 1.04 bits per heavy atom. The summed E-state index contributed by atoms with van der Waals surface area (Å²) in [4.78, 5) is 4.27. The fourth-order valence-corrected chi connectivity index (χ4v) is 2.55.